The largest absolute Gasteiger partial charge is 0.324 e. The molecule has 1 unspecified atom stereocenters. The minimum Gasteiger partial charge on any atom is -0.324 e. The van der Waals surface area contributed by atoms with Gasteiger partial charge in [-0.15, -0.1) is 0 Å². The fraction of sp³-hybridized carbons (Fsp3) is 0.182. The first-order valence-electron chi connectivity index (χ1n) is 9.55. The zero-order chi connectivity index (χ0) is 23.2. The van der Waals surface area contributed by atoms with E-state index in [1.165, 1.54) is 24.4 Å². The number of nitrogens with zero attached hydrogens (tertiary/aromatic N) is 3. The van der Waals surface area contributed by atoms with Gasteiger partial charge in [-0.05, 0) is 44.2 Å². The van der Waals surface area contributed by atoms with Gasteiger partial charge in [0.25, 0.3) is 0 Å². The molecule has 4 rings (SSSR count). The number of amides is 2. The number of halogens is 4. The van der Waals surface area contributed by atoms with Crippen LogP contribution in [0.5, 0.6) is 0 Å². The first-order chi connectivity index (χ1) is 15.2. The molecular formula is C22H16Cl2F2N4O2. The summed E-state index contributed by atoms with van der Waals surface area (Å²) >= 11 is 11.7. The van der Waals surface area contributed by atoms with Crippen LogP contribution in [0.2, 0.25) is 10.0 Å². The zero-order valence-corrected chi connectivity index (χ0v) is 18.4. The van der Waals surface area contributed by atoms with Gasteiger partial charge in [0.2, 0.25) is 11.8 Å². The van der Waals surface area contributed by atoms with Gasteiger partial charge in [-0.1, -0.05) is 23.2 Å². The summed E-state index contributed by atoms with van der Waals surface area (Å²) in [5.74, 6) is -2.82. The van der Waals surface area contributed by atoms with Crippen molar-refractivity contribution in [2.75, 3.05) is 16.8 Å². The number of rotatable bonds is 3. The van der Waals surface area contributed by atoms with Gasteiger partial charge in [-0.2, -0.15) is 0 Å². The predicted octanol–water partition coefficient (Wildman–Crippen LogP) is 5.13. The van der Waals surface area contributed by atoms with Crippen molar-refractivity contribution in [2.45, 2.75) is 19.8 Å². The monoisotopic (exact) mass is 476 g/mol. The molecule has 0 saturated heterocycles. The lowest BCUT2D eigenvalue weighted by atomic mass is 9.98. The second kappa shape index (κ2) is 8.44. The van der Waals surface area contributed by atoms with Crippen LogP contribution >= 0.6 is 23.2 Å². The van der Waals surface area contributed by atoms with Crippen LogP contribution in [0.1, 0.15) is 24.4 Å². The quantitative estimate of drug-likeness (QED) is 0.568. The van der Waals surface area contributed by atoms with Gasteiger partial charge in [0.15, 0.2) is 0 Å². The van der Waals surface area contributed by atoms with Crippen molar-refractivity contribution in [3.8, 4) is 11.1 Å². The Bertz CT molecular complexity index is 1270. The highest BCUT2D eigenvalue weighted by molar-refractivity contribution is 6.31. The normalized spacial score (nSPS) is 15.1. The lowest BCUT2D eigenvalue weighted by Gasteiger charge is -2.24. The second-order valence-electron chi connectivity index (χ2n) is 7.32. The minimum atomic E-state index is -0.780. The summed E-state index contributed by atoms with van der Waals surface area (Å²) < 4.78 is 28.8. The molecule has 2 heterocycles. The fourth-order valence-electron chi connectivity index (χ4n) is 3.60. The van der Waals surface area contributed by atoms with Crippen LogP contribution in [0.4, 0.5) is 20.2 Å². The molecule has 0 saturated carbocycles. The van der Waals surface area contributed by atoms with Gasteiger partial charge in [0.1, 0.15) is 24.0 Å². The number of hydrogen-bond donors (Lipinski definition) is 1. The standard InChI is InChI=1S/C22H16Cl2F2N4O2/c1-10-21-14(8-27-11(2)28-21)20-17(26)5-12(23)6-18(20)30(22(10)32)9-19(31)29-13-3-4-15(24)16(25)7-13/h3-8,10H,9H2,1-2H3,(H,29,31). The highest BCUT2D eigenvalue weighted by Crippen LogP contribution is 2.42. The average molecular weight is 477 g/mol. The van der Waals surface area contributed by atoms with E-state index in [4.69, 9.17) is 23.2 Å². The Morgan fingerprint density at radius 2 is 1.94 bits per heavy atom. The number of aromatic nitrogens is 2. The van der Waals surface area contributed by atoms with Crippen molar-refractivity contribution in [3.63, 3.8) is 0 Å². The molecule has 0 radical (unpaired) electrons. The molecule has 10 heteroatoms. The van der Waals surface area contributed by atoms with Crippen molar-refractivity contribution in [1.29, 1.82) is 0 Å². The molecule has 0 fully saturated rings. The van der Waals surface area contributed by atoms with Crippen LogP contribution in [-0.4, -0.2) is 28.3 Å². The number of hydrogen-bond acceptors (Lipinski definition) is 4. The van der Waals surface area contributed by atoms with Crippen LogP contribution < -0.4 is 10.2 Å². The molecule has 6 nitrogen and oxygen atoms in total. The number of nitrogens with one attached hydrogen (secondary N) is 1. The smallest absolute Gasteiger partial charge is 0.244 e. The number of aryl methyl sites for hydroxylation is 1. The summed E-state index contributed by atoms with van der Waals surface area (Å²) in [5.41, 5.74) is 1.06. The van der Waals surface area contributed by atoms with E-state index in [-0.39, 0.29) is 27.0 Å². The van der Waals surface area contributed by atoms with Crippen LogP contribution in [0.25, 0.3) is 11.1 Å². The van der Waals surface area contributed by atoms with Crippen molar-refractivity contribution in [1.82, 2.24) is 9.97 Å². The SMILES string of the molecule is Cc1ncc2c(n1)C(C)C(=O)N(CC(=O)Nc1ccc(Cl)c(F)c1)c1cc(Cl)cc(F)c1-2. The van der Waals surface area contributed by atoms with Crippen LogP contribution in [0.3, 0.4) is 0 Å². The summed E-state index contributed by atoms with van der Waals surface area (Å²) in [6, 6.07) is 6.32. The summed E-state index contributed by atoms with van der Waals surface area (Å²) in [6.45, 7) is 2.83. The molecule has 0 aliphatic carbocycles. The van der Waals surface area contributed by atoms with Crippen molar-refractivity contribution < 1.29 is 18.4 Å². The number of carbonyl (C=O) groups is 2. The van der Waals surface area contributed by atoms with E-state index in [9.17, 15) is 14.0 Å². The molecule has 1 atom stereocenters. The third-order valence-electron chi connectivity index (χ3n) is 5.08. The maximum atomic E-state index is 15.1. The highest BCUT2D eigenvalue weighted by atomic mass is 35.5. The number of carbonyl (C=O) groups excluding carboxylic acids is 2. The van der Waals surface area contributed by atoms with Crippen molar-refractivity contribution in [2.24, 2.45) is 0 Å². The Morgan fingerprint density at radius 3 is 2.66 bits per heavy atom. The van der Waals surface area contributed by atoms with Crippen molar-refractivity contribution >= 4 is 46.4 Å². The summed E-state index contributed by atoms with van der Waals surface area (Å²) in [4.78, 5) is 35.7. The van der Waals surface area contributed by atoms with E-state index in [1.54, 1.807) is 13.8 Å². The number of fused-ring (bicyclic) bond motifs is 3. The highest BCUT2D eigenvalue weighted by Gasteiger charge is 2.35. The molecule has 2 aromatic carbocycles. The van der Waals surface area contributed by atoms with Crippen LogP contribution in [-0.2, 0) is 9.59 Å². The molecule has 164 valence electrons. The third-order valence-corrected chi connectivity index (χ3v) is 5.61. The maximum Gasteiger partial charge on any atom is 0.244 e. The number of benzene rings is 2. The van der Waals surface area contributed by atoms with Gasteiger partial charge in [-0.3, -0.25) is 9.59 Å². The zero-order valence-electron chi connectivity index (χ0n) is 16.9. The molecule has 1 aliphatic heterocycles. The van der Waals surface area contributed by atoms with Gasteiger partial charge in [0, 0.05) is 28.0 Å². The second-order valence-corrected chi connectivity index (χ2v) is 8.16. The Hall–Kier alpha value is -3.10. The molecule has 1 N–H and O–H groups in total. The average Bonchev–Trinajstić information content (AvgIpc) is 2.80. The van der Waals surface area contributed by atoms with Gasteiger partial charge >= 0.3 is 0 Å². The van der Waals surface area contributed by atoms with Crippen molar-refractivity contribution in [3.05, 3.63) is 69.7 Å². The van der Waals surface area contributed by atoms with E-state index in [2.05, 4.69) is 15.3 Å². The first kappa shape index (κ1) is 22.1. The van der Waals surface area contributed by atoms with E-state index in [0.717, 1.165) is 17.0 Å². The van der Waals surface area contributed by atoms with Crippen LogP contribution in [0.15, 0.2) is 36.5 Å². The fourth-order valence-corrected chi connectivity index (χ4v) is 3.92. The Labute approximate surface area is 192 Å². The summed E-state index contributed by atoms with van der Waals surface area (Å²) in [6.07, 6.45) is 1.46. The summed E-state index contributed by atoms with van der Waals surface area (Å²) in [7, 11) is 0. The lowest BCUT2D eigenvalue weighted by Crippen LogP contribution is -2.40. The maximum absolute atomic E-state index is 15.1. The molecule has 1 aromatic heterocycles. The molecule has 1 aliphatic rings. The molecule has 0 spiro atoms. The molecule has 3 aromatic rings. The topological polar surface area (TPSA) is 75.2 Å². The Kier molecular flexibility index (Phi) is 5.83. The first-order valence-corrected chi connectivity index (χ1v) is 10.3. The van der Waals surface area contributed by atoms with Gasteiger partial charge in [0.05, 0.1) is 22.3 Å². The van der Waals surface area contributed by atoms with E-state index < -0.39 is 35.9 Å². The van der Waals surface area contributed by atoms with E-state index >= 15 is 4.39 Å². The predicted molar refractivity (Wildman–Crippen MR) is 118 cm³/mol. The van der Waals surface area contributed by atoms with Gasteiger partial charge < -0.3 is 10.2 Å². The minimum absolute atomic E-state index is 0.0587. The Balaban J connectivity index is 1.77. The molecule has 2 amide bonds. The molecular weight excluding hydrogens is 461 g/mol. The third kappa shape index (κ3) is 4.03. The van der Waals surface area contributed by atoms with Crippen LogP contribution in [0, 0.1) is 18.6 Å². The molecule has 0 bridgehead atoms. The lowest BCUT2D eigenvalue weighted by molar-refractivity contribution is -0.122. The molecule has 32 heavy (non-hydrogen) atoms. The summed E-state index contributed by atoms with van der Waals surface area (Å²) in [5, 5.41) is 2.49. The van der Waals surface area contributed by atoms with Gasteiger partial charge in [-0.25, -0.2) is 18.7 Å². The van der Waals surface area contributed by atoms with E-state index in [0.29, 0.717) is 17.1 Å². The Morgan fingerprint density at radius 1 is 1.19 bits per heavy atom. The number of anilines is 2. The van der Waals surface area contributed by atoms with E-state index in [1.807, 2.05) is 0 Å².